The Kier molecular flexibility index (Phi) is 5.34. The molecule has 0 saturated carbocycles. The van der Waals surface area contributed by atoms with Crippen LogP contribution in [0, 0.1) is 13.8 Å². The van der Waals surface area contributed by atoms with Gasteiger partial charge in [0.1, 0.15) is 5.75 Å². The molecule has 1 N–H and O–H groups in total. The number of aryl methyl sites for hydroxylation is 2. The van der Waals surface area contributed by atoms with Crippen LogP contribution in [0.5, 0.6) is 5.75 Å². The van der Waals surface area contributed by atoms with E-state index in [0.29, 0.717) is 11.1 Å². The molecule has 114 valence electrons. The van der Waals surface area contributed by atoms with Gasteiger partial charge in [0.2, 0.25) is 0 Å². The van der Waals surface area contributed by atoms with Crippen LogP contribution in [0.1, 0.15) is 18.6 Å². The Bertz CT molecular complexity index is 586. The standard InChI is InChI=1S/C15H13F3OS.CH4/c1-10-8-13(9-11(2)14(10)19)20(15(16,17)18)12-6-4-3-5-7-12;/h3-9H,1-2H3;1H4/p+1. The van der Waals surface area contributed by atoms with E-state index in [1.54, 1.807) is 32.0 Å². The van der Waals surface area contributed by atoms with Crippen LogP contribution in [0.25, 0.3) is 0 Å². The van der Waals surface area contributed by atoms with Gasteiger partial charge in [0, 0.05) is 12.1 Å². The maximum Gasteiger partial charge on any atom is 0.586 e. The van der Waals surface area contributed by atoms with E-state index in [1.165, 1.54) is 24.3 Å². The lowest BCUT2D eigenvalue weighted by Crippen LogP contribution is -2.24. The molecule has 1 atom stereocenters. The van der Waals surface area contributed by atoms with Crippen molar-refractivity contribution in [2.75, 3.05) is 0 Å². The third-order valence-corrected chi connectivity index (χ3v) is 4.82. The Labute approximate surface area is 125 Å². The highest BCUT2D eigenvalue weighted by Crippen LogP contribution is 2.40. The fourth-order valence-electron chi connectivity index (χ4n) is 1.99. The molecule has 5 heteroatoms. The summed E-state index contributed by atoms with van der Waals surface area (Å²) in [6.07, 6.45) is 0. The van der Waals surface area contributed by atoms with Gasteiger partial charge in [0.05, 0.1) is 0 Å². The maximum atomic E-state index is 13.4. The maximum absolute atomic E-state index is 13.4. The predicted molar refractivity (Wildman–Crippen MR) is 80.7 cm³/mol. The normalized spacial score (nSPS) is 12.6. The molecule has 0 aliphatic rings. The van der Waals surface area contributed by atoms with Gasteiger partial charge < -0.3 is 5.11 Å². The second-order valence-corrected chi connectivity index (χ2v) is 6.49. The Morgan fingerprint density at radius 3 is 1.81 bits per heavy atom. The molecular weight excluding hydrogens is 297 g/mol. The highest BCUT2D eigenvalue weighted by molar-refractivity contribution is 7.97. The number of aromatic hydroxyl groups is 1. The Balaban J connectivity index is 0.00000220. The van der Waals surface area contributed by atoms with Crippen molar-refractivity contribution in [1.29, 1.82) is 0 Å². The molecule has 0 heterocycles. The molecule has 2 aromatic rings. The fraction of sp³-hybridized carbons (Fsp3) is 0.250. The van der Waals surface area contributed by atoms with E-state index in [2.05, 4.69) is 0 Å². The van der Waals surface area contributed by atoms with Crippen molar-refractivity contribution in [2.45, 2.75) is 36.6 Å². The molecule has 0 aliphatic heterocycles. The SMILES string of the molecule is C.Cc1cc([S+](c2ccccc2)C(F)(F)F)cc(C)c1O. The first-order chi connectivity index (χ1) is 9.30. The first-order valence-electron chi connectivity index (χ1n) is 5.97. The van der Waals surface area contributed by atoms with Crippen molar-refractivity contribution < 1.29 is 18.3 Å². The van der Waals surface area contributed by atoms with E-state index >= 15 is 0 Å². The van der Waals surface area contributed by atoms with Crippen molar-refractivity contribution in [1.82, 2.24) is 0 Å². The number of hydrogen-bond acceptors (Lipinski definition) is 1. The molecule has 0 aromatic heterocycles. The van der Waals surface area contributed by atoms with Gasteiger partial charge in [-0.1, -0.05) is 25.6 Å². The third kappa shape index (κ3) is 3.73. The van der Waals surface area contributed by atoms with E-state index in [-0.39, 0.29) is 23.0 Å². The Morgan fingerprint density at radius 1 is 0.905 bits per heavy atom. The minimum Gasteiger partial charge on any atom is -0.507 e. The van der Waals surface area contributed by atoms with Gasteiger partial charge in [-0.15, -0.1) is 13.2 Å². The third-order valence-electron chi connectivity index (χ3n) is 2.91. The number of phenolic OH excluding ortho intramolecular Hbond substituents is 1. The van der Waals surface area contributed by atoms with Crippen LogP contribution in [0.2, 0.25) is 0 Å². The Morgan fingerprint density at radius 2 is 1.38 bits per heavy atom. The molecule has 0 radical (unpaired) electrons. The molecule has 2 aromatic carbocycles. The summed E-state index contributed by atoms with van der Waals surface area (Å²) in [6, 6.07) is 10.7. The van der Waals surface area contributed by atoms with Crippen LogP contribution in [0.4, 0.5) is 13.2 Å². The minimum absolute atomic E-state index is 0. The summed E-state index contributed by atoms with van der Waals surface area (Å²) in [4.78, 5) is 0.404. The van der Waals surface area contributed by atoms with Gasteiger partial charge in [-0.2, -0.15) is 0 Å². The lowest BCUT2D eigenvalue weighted by Gasteiger charge is -2.12. The summed E-state index contributed by atoms with van der Waals surface area (Å²) in [6.45, 7) is 3.21. The first kappa shape index (κ1) is 17.4. The van der Waals surface area contributed by atoms with Crippen LogP contribution in [0.15, 0.2) is 52.3 Å². The van der Waals surface area contributed by atoms with Crippen molar-refractivity contribution in [3.63, 3.8) is 0 Å². The number of rotatable bonds is 2. The zero-order valence-electron chi connectivity index (χ0n) is 11.0. The number of alkyl halides is 3. The molecule has 0 spiro atoms. The molecule has 1 nitrogen and oxygen atoms in total. The van der Waals surface area contributed by atoms with Crippen molar-refractivity contribution in [3.8, 4) is 5.75 Å². The number of phenols is 1. The highest BCUT2D eigenvalue weighted by Gasteiger charge is 2.54. The van der Waals surface area contributed by atoms with E-state index < -0.39 is 16.4 Å². The van der Waals surface area contributed by atoms with Crippen LogP contribution >= 0.6 is 0 Å². The molecule has 0 saturated heterocycles. The van der Waals surface area contributed by atoms with Crippen molar-refractivity contribution in [3.05, 3.63) is 53.6 Å². The second kappa shape index (κ2) is 6.43. The summed E-state index contributed by atoms with van der Waals surface area (Å²) >= 11 is 0. The molecule has 1 unspecified atom stereocenters. The summed E-state index contributed by atoms with van der Waals surface area (Å²) in [5, 5.41) is 9.71. The molecule has 2 rings (SSSR count). The molecule has 0 fully saturated rings. The minimum atomic E-state index is -4.35. The summed E-state index contributed by atoms with van der Waals surface area (Å²) in [5.41, 5.74) is -3.44. The number of hydrogen-bond donors (Lipinski definition) is 1. The predicted octanol–water partition coefficient (Wildman–Crippen LogP) is 5.20. The van der Waals surface area contributed by atoms with Crippen LogP contribution in [0.3, 0.4) is 0 Å². The van der Waals surface area contributed by atoms with Gasteiger partial charge in [-0.3, -0.25) is 0 Å². The number of halogens is 3. The molecule has 21 heavy (non-hydrogen) atoms. The molecular formula is C16H18F3OS+. The monoisotopic (exact) mass is 315 g/mol. The molecule has 0 aliphatic carbocycles. The van der Waals surface area contributed by atoms with Crippen LogP contribution in [-0.2, 0) is 10.9 Å². The van der Waals surface area contributed by atoms with Gasteiger partial charge in [0.15, 0.2) is 20.7 Å². The van der Waals surface area contributed by atoms with E-state index in [0.717, 1.165) is 0 Å². The molecule has 0 bridgehead atoms. The summed E-state index contributed by atoms with van der Waals surface area (Å²) in [5.74, 6) is 0.0486. The van der Waals surface area contributed by atoms with Gasteiger partial charge in [-0.25, -0.2) is 0 Å². The van der Waals surface area contributed by atoms with Gasteiger partial charge in [0.25, 0.3) is 0 Å². The highest BCUT2D eigenvalue weighted by atomic mass is 32.2. The van der Waals surface area contributed by atoms with Crippen LogP contribution in [-0.4, -0.2) is 10.6 Å². The molecule has 0 amide bonds. The van der Waals surface area contributed by atoms with E-state index in [4.69, 9.17) is 0 Å². The summed E-state index contributed by atoms with van der Waals surface area (Å²) in [7, 11) is -2.01. The van der Waals surface area contributed by atoms with Crippen LogP contribution < -0.4 is 0 Å². The fourth-order valence-corrected chi connectivity index (χ4v) is 3.82. The summed E-state index contributed by atoms with van der Waals surface area (Å²) < 4.78 is 40.2. The average molecular weight is 315 g/mol. The zero-order chi connectivity index (χ0) is 14.9. The zero-order valence-corrected chi connectivity index (χ0v) is 11.8. The topological polar surface area (TPSA) is 20.2 Å². The largest absolute Gasteiger partial charge is 0.586 e. The lowest BCUT2D eigenvalue weighted by molar-refractivity contribution is -0.0370. The number of benzene rings is 2. The lowest BCUT2D eigenvalue weighted by atomic mass is 10.1. The average Bonchev–Trinajstić information content (AvgIpc) is 2.35. The van der Waals surface area contributed by atoms with Crippen molar-refractivity contribution in [2.24, 2.45) is 0 Å². The van der Waals surface area contributed by atoms with Gasteiger partial charge >= 0.3 is 5.51 Å². The smallest absolute Gasteiger partial charge is 0.507 e. The Hall–Kier alpha value is -1.62. The van der Waals surface area contributed by atoms with E-state index in [1.807, 2.05) is 0 Å². The second-order valence-electron chi connectivity index (χ2n) is 4.47. The first-order valence-corrected chi connectivity index (χ1v) is 7.19. The quantitative estimate of drug-likeness (QED) is 0.755. The van der Waals surface area contributed by atoms with Crippen molar-refractivity contribution >= 4 is 10.9 Å². The van der Waals surface area contributed by atoms with E-state index in [9.17, 15) is 18.3 Å². The van der Waals surface area contributed by atoms with Gasteiger partial charge in [-0.05, 0) is 37.1 Å².